The van der Waals surface area contributed by atoms with Crippen LogP contribution in [0.25, 0.3) is 0 Å². The van der Waals surface area contributed by atoms with Crippen molar-refractivity contribution in [1.82, 2.24) is 10.6 Å². The molecule has 0 aromatic heterocycles. The molecule has 1 aliphatic heterocycles. The highest BCUT2D eigenvalue weighted by Gasteiger charge is 2.19. The Morgan fingerprint density at radius 2 is 1.93 bits per heavy atom. The predicted octanol–water partition coefficient (Wildman–Crippen LogP) is 4.05. The molecule has 0 aliphatic carbocycles. The van der Waals surface area contributed by atoms with Gasteiger partial charge in [-0.05, 0) is 73.7 Å². The van der Waals surface area contributed by atoms with E-state index in [1.807, 2.05) is 24.3 Å². The lowest BCUT2D eigenvalue weighted by atomic mass is 9.97. The van der Waals surface area contributed by atoms with E-state index in [4.69, 9.17) is 4.74 Å². The number of rotatable bonds is 8. The Hall–Kier alpha value is -2.11. The van der Waals surface area contributed by atoms with Crippen molar-refractivity contribution >= 4 is 18.3 Å². The number of carbonyl (C=O) groups excluding carboxylic acids is 1. The van der Waals surface area contributed by atoms with Gasteiger partial charge in [-0.3, -0.25) is 4.79 Å². The number of benzene rings is 2. The molecule has 3 rings (SSSR count). The van der Waals surface area contributed by atoms with Gasteiger partial charge in [0.15, 0.2) is 0 Å². The van der Waals surface area contributed by atoms with Gasteiger partial charge in [0, 0.05) is 6.42 Å². The lowest BCUT2D eigenvalue weighted by molar-refractivity contribution is -0.122. The minimum atomic E-state index is -0.256. The van der Waals surface area contributed by atoms with Gasteiger partial charge >= 0.3 is 0 Å². The van der Waals surface area contributed by atoms with Crippen molar-refractivity contribution in [3.8, 4) is 5.75 Å². The quantitative estimate of drug-likeness (QED) is 0.695. The molecule has 2 aromatic carbocycles. The fourth-order valence-corrected chi connectivity index (χ4v) is 3.51. The fourth-order valence-electron chi connectivity index (χ4n) is 3.51. The summed E-state index contributed by atoms with van der Waals surface area (Å²) in [5.74, 6) is 1.17. The van der Waals surface area contributed by atoms with Gasteiger partial charge in [0.05, 0.1) is 13.2 Å². The van der Waals surface area contributed by atoms with E-state index in [2.05, 4.69) is 10.6 Å². The highest BCUT2D eigenvalue weighted by atomic mass is 35.5. The summed E-state index contributed by atoms with van der Waals surface area (Å²) in [5.41, 5.74) is 1.99. The van der Waals surface area contributed by atoms with E-state index in [1.165, 1.54) is 12.1 Å². The summed E-state index contributed by atoms with van der Waals surface area (Å²) < 4.78 is 18.4. The zero-order valence-electron chi connectivity index (χ0n) is 16.1. The van der Waals surface area contributed by atoms with Crippen LogP contribution in [0.4, 0.5) is 4.39 Å². The molecule has 0 radical (unpaired) electrons. The minimum Gasteiger partial charge on any atom is -0.497 e. The van der Waals surface area contributed by atoms with Crippen molar-refractivity contribution in [2.45, 2.75) is 31.7 Å². The summed E-state index contributed by atoms with van der Waals surface area (Å²) in [6.45, 7) is 2.05. The average Bonchev–Trinajstić information content (AvgIpc) is 3.21. The van der Waals surface area contributed by atoms with Crippen LogP contribution in [0.3, 0.4) is 0 Å². The summed E-state index contributed by atoms with van der Waals surface area (Å²) >= 11 is 0. The third kappa shape index (κ3) is 6.50. The van der Waals surface area contributed by atoms with Crippen LogP contribution in [0.1, 0.15) is 36.4 Å². The molecule has 0 bridgehead atoms. The van der Waals surface area contributed by atoms with E-state index in [0.717, 1.165) is 42.8 Å². The SMILES string of the molecule is COc1ccc(C(Cc2ccc(F)cc2)NC(=O)CCC2CCNC2)cc1.Cl. The van der Waals surface area contributed by atoms with Crippen LogP contribution in [-0.4, -0.2) is 26.1 Å². The van der Waals surface area contributed by atoms with E-state index >= 15 is 0 Å². The molecule has 1 fully saturated rings. The average molecular weight is 407 g/mol. The third-order valence-electron chi connectivity index (χ3n) is 5.15. The Morgan fingerprint density at radius 1 is 1.21 bits per heavy atom. The van der Waals surface area contributed by atoms with Crippen LogP contribution in [0.5, 0.6) is 5.75 Å². The number of hydrogen-bond acceptors (Lipinski definition) is 3. The van der Waals surface area contributed by atoms with Gasteiger partial charge in [-0.1, -0.05) is 24.3 Å². The van der Waals surface area contributed by atoms with Gasteiger partial charge in [0.2, 0.25) is 5.91 Å². The van der Waals surface area contributed by atoms with Crippen molar-refractivity contribution < 1.29 is 13.9 Å². The molecule has 2 N–H and O–H groups in total. The topological polar surface area (TPSA) is 50.4 Å². The van der Waals surface area contributed by atoms with Gasteiger partial charge in [-0.2, -0.15) is 0 Å². The second-order valence-electron chi connectivity index (χ2n) is 7.12. The second-order valence-corrected chi connectivity index (χ2v) is 7.12. The zero-order valence-corrected chi connectivity index (χ0v) is 16.9. The Balaban J connectivity index is 0.00000280. The number of carbonyl (C=O) groups is 1. The van der Waals surface area contributed by atoms with Crippen LogP contribution in [0, 0.1) is 11.7 Å². The van der Waals surface area contributed by atoms with Gasteiger partial charge < -0.3 is 15.4 Å². The monoisotopic (exact) mass is 406 g/mol. The molecule has 4 nitrogen and oxygen atoms in total. The summed E-state index contributed by atoms with van der Waals surface area (Å²) in [5, 5.41) is 6.50. The van der Waals surface area contributed by atoms with Crippen molar-refractivity contribution in [2.75, 3.05) is 20.2 Å². The third-order valence-corrected chi connectivity index (χ3v) is 5.15. The molecule has 152 valence electrons. The Labute approximate surface area is 172 Å². The molecule has 2 aromatic rings. The molecule has 0 saturated carbocycles. The highest BCUT2D eigenvalue weighted by molar-refractivity contribution is 5.85. The maximum absolute atomic E-state index is 13.2. The molecule has 1 aliphatic rings. The molecular formula is C22H28ClFN2O2. The minimum absolute atomic E-state index is 0. The maximum Gasteiger partial charge on any atom is 0.220 e. The molecule has 6 heteroatoms. The summed E-state index contributed by atoms with van der Waals surface area (Å²) in [6.07, 6.45) is 3.20. The number of halogens is 2. The molecule has 1 heterocycles. The second kappa shape index (κ2) is 11.0. The van der Waals surface area contributed by atoms with E-state index < -0.39 is 0 Å². The predicted molar refractivity (Wildman–Crippen MR) is 111 cm³/mol. The number of ether oxygens (including phenoxy) is 1. The summed E-state index contributed by atoms with van der Waals surface area (Å²) in [6, 6.07) is 14.0. The van der Waals surface area contributed by atoms with Crippen LogP contribution in [-0.2, 0) is 11.2 Å². The zero-order chi connectivity index (χ0) is 19.1. The number of nitrogens with one attached hydrogen (secondary N) is 2. The van der Waals surface area contributed by atoms with E-state index in [1.54, 1.807) is 19.2 Å². The van der Waals surface area contributed by atoms with Gasteiger partial charge in [0.25, 0.3) is 0 Å². The first-order valence-electron chi connectivity index (χ1n) is 9.52. The molecule has 1 amide bonds. The Morgan fingerprint density at radius 3 is 2.54 bits per heavy atom. The molecule has 28 heavy (non-hydrogen) atoms. The Kier molecular flexibility index (Phi) is 8.74. The van der Waals surface area contributed by atoms with Gasteiger partial charge in [0.1, 0.15) is 11.6 Å². The van der Waals surface area contributed by atoms with Gasteiger partial charge in [-0.25, -0.2) is 4.39 Å². The largest absolute Gasteiger partial charge is 0.497 e. The van der Waals surface area contributed by atoms with Crippen molar-refractivity contribution in [2.24, 2.45) is 5.92 Å². The summed E-state index contributed by atoms with van der Waals surface area (Å²) in [7, 11) is 1.63. The first-order chi connectivity index (χ1) is 13.1. The van der Waals surface area contributed by atoms with E-state index in [9.17, 15) is 9.18 Å². The van der Waals surface area contributed by atoms with Crippen LogP contribution < -0.4 is 15.4 Å². The molecule has 1 saturated heterocycles. The standard InChI is InChI=1S/C22H27FN2O2.ClH/c1-27-20-9-5-18(6-10-20)21(14-16-2-7-19(23)8-3-16)25-22(26)11-4-17-12-13-24-15-17;/h2-3,5-10,17,21,24H,4,11-15H2,1H3,(H,25,26);1H. The number of hydrogen-bond donors (Lipinski definition) is 2. The molecule has 2 unspecified atom stereocenters. The molecule has 2 atom stereocenters. The first-order valence-corrected chi connectivity index (χ1v) is 9.52. The normalized spacial score (nSPS) is 16.9. The van der Waals surface area contributed by atoms with E-state index in [-0.39, 0.29) is 30.2 Å². The number of amides is 1. The molecular weight excluding hydrogens is 379 g/mol. The molecule has 0 spiro atoms. The maximum atomic E-state index is 13.2. The fraction of sp³-hybridized carbons (Fsp3) is 0.409. The number of methoxy groups -OCH3 is 1. The van der Waals surface area contributed by atoms with Crippen LogP contribution in [0.2, 0.25) is 0 Å². The van der Waals surface area contributed by atoms with Crippen LogP contribution >= 0.6 is 12.4 Å². The Bertz CT molecular complexity index is 731. The van der Waals surface area contributed by atoms with E-state index in [0.29, 0.717) is 18.8 Å². The van der Waals surface area contributed by atoms with Crippen molar-refractivity contribution in [3.63, 3.8) is 0 Å². The first kappa shape index (κ1) is 22.2. The van der Waals surface area contributed by atoms with Gasteiger partial charge in [-0.15, -0.1) is 12.4 Å². The van der Waals surface area contributed by atoms with Crippen molar-refractivity contribution in [3.05, 3.63) is 65.5 Å². The van der Waals surface area contributed by atoms with Crippen molar-refractivity contribution in [1.29, 1.82) is 0 Å². The smallest absolute Gasteiger partial charge is 0.220 e. The lowest BCUT2D eigenvalue weighted by Gasteiger charge is -2.20. The van der Waals surface area contributed by atoms with Crippen LogP contribution in [0.15, 0.2) is 48.5 Å². The lowest BCUT2D eigenvalue weighted by Crippen LogP contribution is -2.30. The summed E-state index contributed by atoms with van der Waals surface area (Å²) in [4.78, 5) is 12.5. The highest BCUT2D eigenvalue weighted by Crippen LogP contribution is 2.22.